The van der Waals surface area contributed by atoms with Gasteiger partial charge in [0.2, 0.25) is 0 Å². The highest BCUT2D eigenvalue weighted by atomic mass is 32.2. The molecule has 0 radical (unpaired) electrons. The average molecular weight is 306 g/mol. The molecule has 0 aliphatic carbocycles. The van der Waals surface area contributed by atoms with E-state index >= 15 is 0 Å². The van der Waals surface area contributed by atoms with Crippen LogP contribution in [0.15, 0.2) is 18.2 Å². The standard InChI is InChI=1S/C16H22N2O2S/c1-17-5-4-13-8-12(2-3-15(13)17)10-18-6-7-21-11-14(18)9-16(19)20/h2-3,8,14H,4-7,9-11H2,1H3,(H,19,20). The lowest BCUT2D eigenvalue weighted by molar-refractivity contribution is -0.138. The first-order valence-electron chi connectivity index (χ1n) is 7.50. The van der Waals surface area contributed by atoms with Crippen LogP contribution in [0.5, 0.6) is 0 Å². The summed E-state index contributed by atoms with van der Waals surface area (Å²) in [5.74, 6) is 1.34. The third-order valence-electron chi connectivity index (χ3n) is 4.42. The van der Waals surface area contributed by atoms with Crippen molar-refractivity contribution in [2.24, 2.45) is 0 Å². The predicted octanol–water partition coefficient (Wildman–Crippen LogP) is 2.07. The molecule has 4 nitrogen and oxygen atoms in total. The lowest BCUT2D eigenvalue weighted by Gasteiger charge is -2.34. The second-order valence-electron chi connectivity index (χ2n) is 5.93. The molecule has 5 heteroatoms. The minimum absolute atomic E-state index is 0.164. The van der Waals surface area contributed by atoms with Gasteiger partial charge in [-0.25, -0.2) is 0 Å². The lowest BCUT2D eigenvalue weighted by atomic mass is 10.1. The Kier molecular flexibility index (Phi) is 4.40. The number of hydrogen-bond acceptors (Lipinski definition) is 4. The molecule has 1 aromatic rings. The summed E-state index contributed by atoms with van der Waals surface area (Å²) < 4.78 is 0. The molecule has 1 N–H and O–H groups in total. The second-order valence-corrected chi connectivity index (χ2v) is 7.08. The summed E-state index contributed by atoms with van der Waals surface area (Å²) in [6.45, 7) is 2.95. The van der Waals surface area contributed by atoms with Gasteiger partial charge in [0.1, 0.15) is 0 Å². The summed E-state index contributed by atoms with van der Waals surface area (Å²) in [4.78, 5) is 15.6. The quantitative estimate of drug-likeness (QED) is 0.922. The first-order valence-corrected chi connectivity index (χ1v) is 8.65. The third-order valence-corrected chi connectivity index (χ3v) is 5.51. The van der Waals surface area contributed by atoms with Crippen LogP contribution < -0.4 is 4.90 Å². The van der Waals surface area contributed by atoms with E-state index in [0.717, 1.165) is 37.6 Å². The number of aliphatic carboxylic acids is 1. The van der Waals surface area contributed by atoms with Crippen molar-refractivity contribution in [3.05, 3.63) is 29.3 Å². The van der Waals surface area contributed by atoms with Gasteiger partial charge < -0.3 is 10.0 Å². The zero-order chi connectivity index (χ0) is 14.8. The fourth-order valence-electron chi connectivity index (χ4n) is 3.24. The summed E-state index contributed by atoms with van der Waals surface area (Å²) in [6.07, 6.45) is 1.37. The van der Waals surface area contributed by atoms with Gasteiger partial charge in [-0.05, 0) is 23.6 Å². The van der Waals surface area contributed by atoms with E-state index in [0.29, 0.717) is 0 Å². The number of fused-ring (bicyclic) bond motifs is 1. The van der Waals surface area contributed by atoms with Crippen LogP contribution in [0.4, 0.5) is 5.69 Å². The minimum atomic E-state index is -0.692. The summed E-state index contributed by atoms with van der Waals surface area (Å²) in [5.41, 5.74) is 4.08. The third kappa shape index (κ3) is 3.35. The van der Waals surface area contributed by atoms with Crippen LogP contribution in [0.25, 0.3) is 0 Å². The molecule has 2 heterocycles. The van der Waals surface area contributed by atoms with Gasteiger partial charge in [0.15, 0.2) is 0 Å². The molecule has 21 heavy (non-hydrogen) atoms. The summed E-state index contributed by atoms with van der Waals surface area (Å²) in [7, 11) is 2.14. The molecule has 1 fully saturated rings. The molecule has 1 saturated heterocycles. The number of benzene rings is 1. The first kappa shape index (κ1) is 14.7. The Morgan fingerprint density at radius 3 is 3.10 bits per heavy atom. The fraction of sp³-hybridized carbons (Fsp3) is 0.562. The van der Waals surface area contributed by atoms with Crippen LogP contribution in [-0.4, -0.2) is 53.7 Å². The number of carboxylic acid groups (broad SMARTS) is 1. The van der Waals surface area contributed by atoms with Crippen LogP contribution in [0.2, 0.25) is 0 Å². The van der Waals surface area contributed by atoms with Crippen LogP contribution in [-0.2, 0) is 17.8 Å². The van der Waals surface area contributed by atoms with Crippen molar-refractivity contribution in [3.63, 3.8) is 0 Å². The first-order chi connectivity index (χ1) is 10.1. The Labute approximate surface area is 130 Å². The number of likely N-dealkylation sites (N-methyl/N-ethyl adjacent to an activating group) is 1. The van der Waals surface area contributed by atoms with Gasteiger partial charge in [0.05, 0.1) is 6.42 Å². The molecule has 0 amide bonds. The molecule has 1 aromatic carbocycles. The molecule has 0 saturated carbocycles. The summed E-state index contributed by atoms with van der Waals surface area (Å²) >= 11 is 1.87. The minimum Gasteiger partial charge on any atom is -0.481 e. The van der Waals surface area contributed by atoms with Gasteiger partial charge in [0.25, 0.3) is 0 Å². The number of hydrogen-bond donors (Lipinski definition) is 1. The molecule has 2 aliphatic rings. The van der Waals surface area contributed by atoms with E-state index in [1.165, 1.54) is 16.8 Å². The van der Waals surface area contributed by atoms with Gasteiger partial charge in [-0.15, -0.1) is 0 Å². The topological polar surface area (TPSA) is 43.8 Å². The Morgan fingerprint density at radius 1 is 1.43 bits per heavy atom. The van der Waals surface area contributed by atoms with Crippen LogP contribution in [0.3, 0.4) is 0 Å². The molecule has 3 rings (SSSR count). The van der Waals surface area contributed by atoms with Gasteiger partial charge in [0, 0.05) is 49.9 Å². The Bertz CT molecular complexity index is 535. The smallest absolute Gasteiger partial charge is 0.304 e. The van der Waals surface area contributed by atoms with Crippen LogP contribution in [0.1, 0.15) is 17.5 Å². The molecule has 1 unspecified atom stereocenters. The van der Waals surface area contributed by atoms with Crippen molar-refractivity contribution in [2.45, 2.75) is 25.4 Å². The van der Waals surface area contributed by atoms with Crippen molar-refractivity contribution in [3.8, 4) is 0 Å². The Balaban J connectivity index is 1.71. The number of carboxylic acids is 1. The van der Waals surface area contributed by atoms with E-state index in [4.69, 9.17) is 5.11 Å². The highest BCUT2D eigenvalue weighted by molar-refractivity contribution is 7.99. The molecule has 0 aromatic heterocycles. The number of thioether (sulfide) groups is 1. The molecule has 0 spiro atoms. The molecule has 114 valence electrons. The fourth-order valence-corrected chi connectivity index (χ4v) is 4.37. The van der Waals surface area contributed by atoms with Crippen molar-refractivity contribution in [1.29, 1.82) is 0 Å². The zero-order valence-electron chi connectivity index (χ0n) is 12.4. The van der Waals surface area contributed by atoms with E-state index in [1.807, 2.05) is 11.8 Å². The lowest BCUT2D eigenvalue weighted by Crippen LogP contribution is -2.42. The van der Waals surface area contributed by atoms with Gasteiger partial charge in [-0.2, -0.15) is 11.8 Å². The normalized spacial score (nSPS) is 22.3. The molecule has 2 aliphatic heterocycles. The highest BCUT2D eigenvalue weighted by Crippen LogP contribution is 2.29. The van der Waals surface area contributed by atoms with E-state index in [1.54, 1.807) is 0 Å². The monoisotopic (exact) mass is 306 g/mol. The van der Waals surface area contributed by atoms with Crippen molar-refractivity contribution in [2.75, 3.05) is 36.5 Å². The summed E-state index contributed by atoms with van der Waals surface area (Å²) in [6, 6.07) is 6.87. The van der Waals surface area contributed by atoms with Crippen LogP contribution in [0, 0.1) is 0 Å². The van der Waals surface area contributed by atoms with Crippen molar-refractivity contribution >= 4 is 23.4 Å². The maximum Gasteiger partial charge on any atom is 0.304 e. The average Bonchev–Trinajstić information content (AvgIpc) is 2.82. The Morgan fingerprint density at radius 2 is 2.29 bits per heavy atom. The van der Waals surface area contributed by atoms with Gasteiger partial charge in [-0.1, -0.05) is 12.1 Å². The van der Waals surface area contributed by atoms with E-state index < -0.39 is 5.97 Å². The number of anilines is 1. The van der Waals surface area contributed by atoms with E-state index in [2.05, 4.69) is 35.0 Å². The zero-order valence-corrected chi connectivity index (χ0v) is 13.2. The van der Waals surface area contributed by atoms with E-state index in [9.17, 15) is 4.79 Å². The maximum absolute atomic E-state index is 11.0. The molecule has 1 atom stereocenters. The number of rotatable bonds is 4. The number of nitrogens with zero attached hydrogens (tertiary/aromatic N) is 2. The van der Waals surface area contributed by atoms with Crippen molar-refractivity contribution < 1.29 is 9.90 Å². The SMILES string of the molecule is CN1CCc2cc(CN3CCSCC3CC(=O)O)ccc21. The second kappa shape index (κ2) is 6.28. The molecular formula is C16H22N2O2S. The Hall–Kier alpha value is -1.20. The van der Waals surface area contributed by atoms with Crippen molar-refractivity contribution in [1.82, 2.24) is 4.90 Å². The number of carbonyl (C=O) groups is 1. The van der Waals surface area contributed by atoms with E-state index in [-0.39, 0.29) is 12.5 Å². The maximum atomic E-state index is 11.0. The van der Waals surface area contributed by atoms with Crippen LogP contribution >= 0.6 is 11.8 Å². The highest BCUT2D eigenvalue weighted by Gasteiger charge is 2.25. The predicted molar refractivity (Wildman–Crippen MR) is 87.2 cm³/mol. The van der Waals surface area contributed by atoms with Gasteiger partial charge >= 0.3 is 5.97 Å². The molecular weight excluding hydrogens is 284 g/mol. The van der Waals surface area contributed by atoms with Gasteiger partial charge in [-0.3, -0.25) is 9.69 Å². The summed E-state index contributed by atoms with van der Waals surface area (Å²) in [5, 5.41) is 9.06. The molecule has 0 bridgehead atoms. The largest absolute Gasteiger partial charge is 0.481 e.